The van der Waals surface area contributed by atoms with Crippen molar-refractivity contribution in [2.45, 2.75) is 20.0 Å². The SMILES string of the molecule is CC(C)Oc1cnc2ccccc2c1. The molecule has 0 aliphatic rings. The molecule has 0 saturated heterocycles. The fourth-order valence-electron chi connectivity index (χ4n) is 1.39. The van der Waals surface area contributed by atoms with E-state index in [2.05, 4.69) is 4.98 Å². The Kier molecular flexibility index (Phi) is 2.35. The quantitative estimate of drug-likeness (QED) is 0.721. The first-order chi connectivity index (χ1) is 6.75. The van der Waals surface area contributed by atoms with Gasteiger partial charge in [0.15, 0.2) is 0 Å². The maximum atomic E-state index is 5.56. The van der Waals surface area contributed by atoms with Gasteiger partial charge in [-0.2, -0.15) is 0 Å². The van der Waals surface area contributed by atoms with Crippen molar-refractivity contribution < 1.29 is 4.74 Å². The Hall–Kier alpha value is -1.57. The van der Waals surface area contributed by atoms with Crippen LogP contribution in [0.4, 0.5) is 0 Å². The number of aromatic nitrogens is 1. The first-order valence-electron chi connectivity index (χ1n) is 4.77. The van der Waals surface area contributed by atoms with E-state index in [4.69, 9.17) is 4.74 Å². The molecule has 2 heteroatoms. The van der Waals surface area contributed by atoms with Crippen molar-refractivity contribution in [2.24, 2.45) is 0 Å². The number of nitrogens with zero attached hydrogens (tertiary/aromatic N) is 1. The second kappa shape index (κ2) is 3.66. The fourth-order valence-corrected chi connectivity index (χ4v) is 1.39. The van der Waals surface area contributed by atoms with Crippen molar-refractivity contribution in [3.05, 3.63) is 36.5 Å². The van der Waals surface area contributed by atoms with Gasteiger partial charge >= 0.3 is 0 Å². The standard InChI is InChI=1S/C12H13NO/c1-9(2)14-11-7-10-5-3-4-6-12(10)13-8-11/h3-9H,1-2H3. The smallest absolute Gasteiger partial charge is 0.138 e. The highest BCUT2D eigenvalue weighted by atomic mass is 16.5. The van der Waals surface area contributed by atoms with Crippen molar-refractivity contribution in [3.63, 3.8) is 0 Å². The number of ether oxygens (including phenoxy) is 1. The minimum absolute atomic E-state index is 0.193. The van der Waals surface area contributed by atoms with E-state index in [9.17, 15) is 0 Å². The molecule has 72 valence electrons. The molecular formula is C12H13NO. The molecule has 0 amide bonds. The van der Waals surface area contributed by atoms with Crippen LogP contribution >= 0.6 is 0 Å². The van der Waals surface area contributed by atoms with Crippen LogP contribution in [0.2, 0.25) is 0 Å². The number of pyridine rings is 1. The third-order valence-electron chi connectivity index (χ3n) is 1.94. The normalized spacial score (nSPS) is 10.8. The molecule has 0 spiro atoms. The van der Waals surface area contributed by atoms with Crippen molar-refractivity contribution in [2.75, 3.05) is 0 Å². The Morgan fingerprint density at radius 2 is 2.00 bits per heavy atom. The Balaban J connectivity index is 2.41. The minimum Gasteiger partial charge on any atom is -0.489 e. The summed E-state index contributed by atoms with van der Waals surface area (Å²) in [4.78, 5) is 4.31. The van der Waals surface area contributed by atoms with Crippen LogP contribution in [0.3, 0.4) is 0 Å². The number of hydrogen-bond donors (Lipinski definition) is 0. The summed E-state index contributed by atoms with van der Waals surface area (Å²) < 4.78 is 5.56. The van der Waals surface area contributed by atoms with Crippen LogP contribution in [-0.2, 0) is 0 Å². The lowest BCUT2D eigenvalue weighted by molar-refractivity contribution is 0.242. The largest absolute Gasteiger partial charge is 0.489 e. The molecule has 1 aromatic heterocycles. The average molecular weight is 187 g/mol. The van der Waals surface area contributed by atoms with Crippen molar-refractivity contribution >= 4 is 10.9 Å². The first kappa shape index (κ1) is 9.00. The predicted molar refractivity (Wildman–Crippen MR) is 57.5 cm³/mol. The van der Waals surface area contributed by atoms with Crippen LogP contribution in [0, 0.1) is 0 Å². The van der Waals surface area contributed by atoms with Gasteiger partial charge in [0.1, 0.15) is 5.75 Å². The summed E-state index contributed by atoms with van der Waals surface area (Å²) >= 11 is 0. The second-order valence-electron chi connectivity index (χ2n) is 3.53. The van der Waals surface area contributed by atoms with Gasteiger partial charge in [-0.15, -0.1) is 0 Å². The van der Waals surface area contributed by atoms with Crippen molar-refractivity contribution in [1.82, 2.24) is 4.98 Å². The van der Waals surface area contributed by atoms with Gasteiger partial charge in [-0.05, 0) is 26.0 Å². The summed E-state index contributed by atoms with van der Waals surface area (Å²) in [6, 6.07) is 10.0. The minimum atomic E-state index is 0.193. The lowest BCUT2D eigenvalue weighted by Gasteiger charge is -2.09. The summed E-state index contributed by atoms with van der Waals surface area (Å²) in [5, 5.41) is 1.12. The van der Waals surface area contributed by atoms with E-state index < -0.39 is 0 Å². The molecule has 0 radical (unpaired) electrons. The molecule has 0 bridgehead atoms. The van der Waals surface area contributed by atoms with Gasteiger partial charge in [0.25, 0.3) is 0 Å². The van der Waals surface area contributed by atoms with Crippen LogP contribution in [0.15, 0.2) is 36.5 Å². The number of hydrogen-bond acceptors (Lipinski definition) is 2. The maximum Gasteiger partial charge on any atom is 0.138 e. The summed E-state index contributed by atoms with van der Waals surface area (Å²) in [6.45, 7) is 4.02. The summed E-state index contributed by atoms with van der Waals surface area (Å²) in [5.74, 6) is 0.832. The molecule has 0 fully saturated rings. The molecule has 2 nitrogen and oxygen atoms in total. The Morgan fingerprint density at radius 3 is 2.79 bits per heavy atom. The van der Waals surface area contributed by atoms with Gasteiger partial charge in [-0.3, -0.25) is 4.98 Å². The van der Waals surface area contributed by atoms with E-state index in [-0.39, 0.29) is 6.10 Å². The van der Waals surface area contributed by atoms with E-state index in [1.807, 2.05) is 44.2 Å². The van der Waals surface area contributed by atoms with Gasteiger partial charge in [-0.1, -0.05) is 18.2 Å². The molecule has 1 aromatic carbocycles. The van der Waals surface area contributed by atoms with Crippen LogP contribution in [0.5, 0.6) is 5.75 Å². The molecule has 0 unspecified atom stereocenters. The summed E-state index contributed by atoms with van der Waals surface area (Å²) in [6.07, 6.45) is 1.96. The topological polar surface area (TPSA) is 22.1 Å². The highest BCUT2D eigenvalue weighted by Crippen LogP contribution is 2.18. The Morgan fingerprint density at radius 1 is 1.21 bits per heavy atom. The fraction of sp³-hybridized carbons (Fsp3) is 0.250. The van der Waals surface area contributed by atoms with Crippen molar-refractivity contribution in [3.8, 4) is 5.75 Å². The van der Waals surface area contributed by atoms with E-state index in [0.717, 1.165) is 16.7 Å². The van der Waals surface area contributed by atoms with Gasteiger partial charge in [0.05, 0.1) is 17.8 Å². The second-order valence-corrected chi connectivity index (χ2v) is 3.53. The number of benzene rings is 1. The molecule has 2 aromatic rings. The van der Waals surface area contributed by atoms with Gasteiger partial charge in [0, 0.05) is 5.39 Å². The highest BCUT2D eigenvalue weighted by Gasteiger charge is 1.99. The van der Waals surface area contributed by atoms with E-state index in [1.54, 1.807) is 6.20 Å². The van der Waals surface area contributed by atoms with Gasteiger partial charge < -0.3 is 4.74 Å². The lowest BCUT2D eigenvalue weighted by Crippen LogP contribution is -2.05. The molecule has 0 saturated carbocycles. The van der Waals surface area contributed by atoms with Gasteiger partial charge in [0.2, 0.25) is 0 Å². The average Bonchev–Trinajstić information content (AvgIpc) is 2.17. The molecule has 0 aliphatic heterocycles. The maximum absolute atomic E-state index is 5.56. The molecule has 0 N–H and O–H groups in total. The highest BCUT2D eigenvalue weighted by molar-refractivity contribution is 5.79. The zero-order valence-electron chi connectivity index (χ0n) is 8.40. The zero-order valence-corrected chi connectivity index (χ0v) is 8.40. The van der Waals surface area contributed by atoms with Crippen LogP contribution in [-0.4, -0.2) is 11.1 Å². The number of para-hydroxylation sites is 1. The van der Waals surface area contributed by atoms with E-state index in [1.165, 1.54) is 0 Å². The number of rotatable bonds is 2. The lowest BCUT2D eigenvalue weighted by atomic mass is 10.2. The monoisotopic (exact) mass is 187 g/mol. The predicted octanol–water partition coefficient (Wildman–Crippen LogP) is 3.02. The summed E-state index contributed by atoms with van der Waals surface area (Å²) in [7, 11) is 0. The molecule has 2 rings (SSSR count). The summed E-state index contributed by atoms with van der Waals surface area (Å²) in [5.41, 5.74) is 1.00. The number of fused-ring (bicyclic) bond motifs is 1. The van der Waals surface area contributed by atoms with Crippen molar-refractivity contribution in [1.29, 1.82) is 0 Å². The third-order valence-corrected chi connectivity index (χ3v) is 1.94. The molecule has 1 heterocycles. The van der Waals surface area contributed by atoms with Gasteiger partial charge in [-0.25, -0.2) is 0 Å². The molecular weight excluding hydrogens is 174 g/mol. The van der Waals surface area contributed by atoms with E-state index in [0.29, 0.717) is 0 Å². The van der Waals surface area contributed by atoms with Crippen LogP contribution in [0.1, 0.15) is 13.8 Å². The molecule has 14 heavy (non-hydrogen) atoms. The Labute approximate surface area is 83.5 Å². The first-order valence-corrected chi connectivity index (χ1v) is 4.77. The zero-order chi connectivity index (χ0) is 9.97. The Bertz CT molecular complexity index is 437. The van der Waals surface area contributed by atoms with E-state index >= 15 is 0 Å². The molecule has 0 atom stereocenters. The van der Waals surface area contributed by atoms with Crippen LogP contribution in [0.25, 0.3) is 10.9 Å². The third kappa shape index (κ3) is 1.84. The molecule has 0 aliphatic carbocycles. The van der Waals surface area contributed by atoms with Crippen LogP contribution < -0.4 is 4.74 Å².